The lowest BCUT2D eigenvalue weighted by atomic mass is 9.79. The van der Waals surface area contributed by atoms with Gasteiger partial charge in [0.25, 0.3) is 5.91 Å². The topological polar surface area (TPSA) is 630 Å². The van der Waals surface area contributed by atoms with E-state index in [-0.39, 0.29) is 39.3 Å². The van der Waals surface area contributed by atoms with Gasteiger partial charge in [-0.1, -0.05) is 24.3 Å². The zero-order chi connectivity index (χ0) is 73.9. The summed E-state index contributed by atoms with van der Waals surface area (Å²) in [5, 5.41) is 250. The van der Waals surface area contributed by atoms with Gasteiger partial charge in [-0.2, -0.15) is 0 Å². The van der Waals surface area contributed by atoms with Gasteiger partial charge in [0.05, 0.1) is 45.2 Å². The van der Waals surface area contributed by atoms with E-state index >= 15 is 0 Å². The summed E-state index contributed by atoms with van der Waals surface area (Å²) < 4.78 is 87.9. The number of rotatable bonds is 11. The van der Waals surface area contributed by atoms with Gasteiger partial charge < -0.3 is 189 Å². The molecule has 0 unspecified atom stereocenters. The van der Waals surface area contributed by atoms with E-state index in [9.17, 15) is 122 Å². The van der Waals surface area contributed by atoms with Crippen molar-refractivity contribution in [3.05, 3.63) is 94.5 Å². The standard InChI is InChI=1S/C63H83NO39/c65-13-27-48-35(75)42(82)58(91-27)99-50-29(15-67)93-60(44(84)37(50)77)101-52-31(17-69)95-62(46(86)39(52)79)102-53-32(18-70)94-61(45(85)38(53)78)100-51-30(16-68)92-59(43(83)36(51)76)98-49-28(14-66)90-57(41(81)34(49)74)96-47-26(89-56(97-48)40(80)33(47)73)12-64-54(87)19-1-10-24-25(11-19)63(103-55(24)88,20-2-6-22(71)7-3-20)21-4-8-23(72)9-5-21/h1-11,26-53,56-62,65-86H,12-18H2,(H,64,87)/t26-,27-,28-,29-,30-,31-,32-,33-,34-,35-,36-,37-,38-,39-,40-,41-,42-,43-,44-,45-,46-,47-,48-,49-,50-,51-,52-,53-,56-,57-,58-,59-,60-,61-,62-/m1/s1. The van der Waals surface area contributed by atoms with E-state index in [4.69, 9.17) is 71.1 Å². The fourth-order valence-corrected chi connectivity index (χ4v) is 14.1. The fraction of sp³-hybridized carbons (Fsp3) is 0.683. The molecule has 103 heavy (non-hydrogen) atoms. The zero-order valence-corrected chi connectivity index (χ0v) is 53.8. The summed E-state index contributed by atoms with van der Waals surface area (Å²) in [5.41, 5.74) is -1.30. The smallest absolute Gasteiger partial charge is 0.340 e. The minimum absolute atomic E-state index is 0.00661. The summed E-state index contributed by atoms with van der Waals surface area (Å²) >= 11 is 0. The molecule has 40 heteroatoms. The summed E-state index contributed by atoms with van der Waals surface area (Å²) in [6.45, 7) is -7.46. The van der Waals surface area contributed by atoms with Crippen LogP contribution in [0.4, 0.5) is 0 Å². The molecule has 22 heterocycles. The summed E-state index contributed by atoms with van der Waals surface area (Å²) in [6, 6.07) is 15.0. The molecule has 1 amide bonds. The second-order valence-corrected chi connectivity index (χ2v) is 26.1. The number of cyclic esters (lactones) is 1. The third-order valence-electron chi connectivity index (χ3n) is 19.7. The molecule has 0 saturated carbocycles. The second-order valence-electron chi connectivity index (χ2n) is 26.1. The lowest BCUT2D eigenvalue weighted by molar-refractivity contribution is -0.396. The van der Waals surface area contributed by atoms with Crippen LogP contribution in [-0.2, 0) is 76.7 Å². The van der Waals surface area contributed by atoms with Gasteiger partial charge in [-0.3, -0.25) is 4.79 Å². The van der Waals surface area contributed by atoms with E-state index in [2.05, 4.69) is 5.32 Å². The molecule has 22 aliphatic rings. The first-order valence-electron chi connectivity index (χ1n) is 32.8. The Hall–Kier alpha value is -5.16. The molecule has 40 nitrogen and oxygen atoms in total. The van der Waals surface area contributed by atoms with Crippen LogP contribution in [-0.4, -0.2) is 385 Å². The van der Waals surface area contributed by atoms with Crippen molar-refractivity contribution >= 4 is 11.9 Å². The normalized spacial score (nSPS) is 45.2. The molecule has 574 valence electrons. The molecule has 35 atom stereocenters. The second kappa shape index (κ2) is 32.0. The van der Waals surface area contributed by atoms with Crippen LogP contribution in [0.1, 0.15) is 37.4 Å². The van der Waals surface area contributed by atoms with Crippen molar-refractivity contribution in [3.63, 3.8) is 0 Å². The lowest BCUT2D eigenvalue weighted by Crippen LogP contribution is -2.68. The third kappa shape index (κ3) is 14.6. The molecule has 0 aliphatic carbocycles. The molecule has 0 radical (unpaired) electrons. The van der Waals surface area contributed by atoms with Gasteiger partial charge in [-0.05, 0) is 42.5 Å². The van der Waals surface area contributed by atoms with E-state index in [0.29, 0.717) is 0 Å². The Morgan fingerprint density at radius 3 is 0.825 bits per heavy atom. The number of amides is 1. The Labute approximate surface area is 581 Å². The van der Waals surface area contributed by atoms with Gasteiger partial charge in [0.2, 0.25) is 0 Å². The van der Waals surface area contributed by atoms with Crippen molar-refractivity contribution in [2.24, 2.45) is 0 Å². The van der Waals surface area contributed by atoms with Gasteiger partial charge in [-0.25, -0.2) is 4.79 Å². The Morgan fingerprint density at radius 2 is 0.573 bits per heavy atom. The zero-order valence-electron chi connectivity index (χ0n) is 53.8. The van der Waals surface area contributed by atoms with Crippen molar-refractivity contribution in [2.45, 2.75) is 221 Å². The van der Waals surface area contributed by atoms with E-state index in [0.717, 1.165) is 0 Å². The van der Waals surface area contributed by atoms with Gasteiger partial charge in [-0.15, -0.1) is 0 Å². The van der Waals surface area contributed by atoms with Crippen LogP contribution in [0.5, 0.6) is 11.5 Å². The predicted molar refractivity (Wildman–Crippen MR) is 322 cm³/mol. The maximum Gasteiger partial charge on any atom is 0.340 e. The number of phenolic OH excluding ortho intramolecular Hbond substituents is 2. The van der Waals surface area contributed by atoms with Gasteiger partial charge in [0, 0.05) is 28.8 Å². The largest absolute Gasteiger partial charge is 0.508 e. The maximum atomic E-state index is 14.6. The van der Waals surface area contributed by atoms with Crippen LogP contribution >= 0.6 is 0 Å². The number of aliphatic hydroxyl groups is 20. The molecule has 23 N–H and O–H groups in total. The number of esters is 1. The minimum Gasteiger partial charge on any atom is -0.508 e. The number of hydrogen-bond acceptors (Lipinski definition) is 39. The number of phenols is 2. The molecule has 0 spiro atoms. The molecule has 21 fully saturated rings. The molecule has 25 rings (SSSR count). The van der Waals surface area contributed by atoms with Crippen LogP contribution in [0, 0.1) is 0 Å². The monoisotopic (exact) mass is 1480 g/mol. The number of nitrogens with one attached hydrogen (secondary N) is 1. The van der Waals surface area contributed by atoms with Crippen molar-refractivity contribution in [3.8, 4) is 11.5 Å². The predicted octanol–water partition coefficient (Wildman–Crippen LogP) is -11.9. The number of carbonyl (C=O) groups is 2. The lowest BCUT2D eigenvalue weighted by Gasteiger charge is -2.50. The first kappa shape index (κ1) is 77.5. The minimum atomic E-state index is -2.36. The number of carbonyl (C=O) groups excluding carboxylic acids is 2. The molecule has 3 aromatic carbocycles. The molecule has 21 saturated heterocycles. The Balaban J connectivity index is 0.853. The van der Waals surface area contributed by atoms with Gasteiger partial charge >= 0.3 is 5.97 Å². The summed E-state index contributed by atoms with van der Waals surface area (Å²) in [6.07, 6.45) is -73.5. The highest BCUT2D eigenvalue weighted by Crippen LogP contribution is 2.49. The van der Waals surface area contributed by atoms with E-state index in [1.165, 1.54) is 66.7 Å². The van der Waals surface area contributed by atoms with Crippen molar-refractivity contribution in [1.82, 2.24) is 5.32 Å². The number of aromatic hydroxyl groups is 2. The van der Waals surface area contributed by atoms with Crippen LogP contribution < -0.4 is 5.32 Å². The highest BCUT2D eigenvalue weighted by molar-refractivity contribution is 6.00. The van der Waals surface area contributed by atoms with Crippen LogP contribution in [0.25, 0.3) is 0 Å². The first-order chi connectivity index (χ1) is 49.2. The highest BCUT2D eigenvalue weighted by atomic mass is 16.8. The maximum absolute atomic E-state index is 14.6. The third-order valence-corrected chi connectivity index (χ3v) is 19.7. The Bertz CT molecular complexity index is 3270. The van der Waals surface area contributed by atoms with E-state index in [1.54, 1.807) is 0 Å². The summed E-state index contributed by atoms with van der Waals surface area (Å²) in [5.74, 6) is -2.09. The van der Waals surface area contributed by atoms with Gasteiger partial charge in [0.15, 0.2) is 49.6 Å². The molecule has 22 aliphatic heterocycles. The quantitative estimate of drug-likeness (QED) is 0.0793. The summed E-state index contributed by atoms with van der Waals surface area (Å²) in [7, 11) is 0. The van der Waals surface area contributed by atoms with Crippen molar-refractivity contribution in [1.29, 1.82) is 0 Å². The van der Waals surface area contributed by atoms with Gasteiger partial charge in [0.1, 0.15) is 182 Å². The summed E-state index contributed by atoms with van der Waals surface area (Å²) in [4.78, 5) is 28.3. The average molecular weight is 1480 g/mol. The van der Waals surface area contributed by atoms with E-state index in [1.807, 2.05) is 0 Å². The fourth-order valence-electron chi connectivity index (χ4n) is 14.1. The first-order valence-corrected chi connectivity index (χ1v) is 32.8. The number of hydrogen-bond donors (Lipinski definition) is 23. The van der Waals surface area contributed by atoms with Crippen molar-refractivity contribution in [2.75, 3.05) is 46.2 Å². The number of aliphatic hydroxyl groups excluding tert-OH is 20. The van der Waals surface area contributed by atoms with Crippen LogP contribution in [0.15, 0.2) is 66.7 Å². The number of ether oxygens (including phenoxy) is 15. The molecule has 3 aromatic rings. The Morgan fingerprint density at radius 1 is 0.330 bits per heavy atom. The highest BCUT2D eigenvalue weighted by Gasteiger charge is 2.60. The Kier molecular flexibility index (Phi) is 24.0. The molecular weight excluding hydrogens is 1390 g/mol. The SMILES string of the molecule is O=C(NC[C@H]1O[C@@H]2O[C@H]3[C@H](O)[C@@H](O)[C@@H](O[C@H]4[C@H](O)[C@@H](O)[C@@H](O[C@H]5[C@H](O)[C@@H](O)[C@@H](O[C@H]6[C@H](O)[C@@H](O)[C@@H](O[C@H]7[C@H](O)[C@@H](O)[C@@H](O[C@H]8[C@H](O)[C@@H](O)[C@@H](O[C@H]1[C@H](O)[C@H]2O)O[C@@H]8CO)O[C@@H]7CO)O[C@@H]6CO)O[C@@H]5CO)O[C@@H]4CO)O[C@@H]3CO)c1ccc2c(c1)C(c1ccc(O)cc1)(c1ccc(O)cc1)OC2=O. The van der Waals surface area contributed by atoms with Crippen LogP contribution in [0.2, 0.25) is 0 Å². The van der Waals surface area contributed by atoms with E-state index < -0.39 is 279 Å². The van der Waals surface area contributed by atoms with Crippen molar-refractivity contribution < 1.29 is 193 Å². The molecule has 14 bridgehead atoms. The van der Waals surface area contributed by atoms with Crippen LogP contribution in [0.3, 0.4) is 0 Å². The molecule has 0 aromatic heterocycles. The number of fused-ring (bicyclic) bond motifs is 1. The molecular formula is C63H83NO39. The number of benzene rings is 3. The average Bonchev–Trinajstić information content (AvgIpc) is 1.58.